The number of aromatic nitrogens is 4. The van der Waals surface area contributed by atoms with Crippen LogP contribution in [0.15, 0.2) is 35.4 Å². The molecule has 2 atom stereocenters. The average Bonchev–Trinajstić information content (AvgIpc) is 3.29. The van der Waals surface area contributed by atoms with Gasteiger partial charge >= 0.3 is 5.97 Å². The van der Waals surface area contributed by atoms with Crippen LogP contribution in [0, 0.1) is 12.8 Å². The topological polar surface area (TPSA) is 128 Å². The molecule has 0 saturated carbocycles. The monoisotopic (exact) mass is 459 g/mol. The van der Waals surface area contributed by atoms with Gasteiger partial charge in [0.25, 0.3) is 10.0 Å². The van der Waals surface area contributed by atoms with Crippen LogP contribution < -0.4 is 4.74 Å². The molecule has 0 amide bonds. The molecule has 0 unspecified atom stereocenters. The van der Waals surface area contributed by atoms with Crippen LogP contribution in [-0.2, 0) is 21.2 Å². The lowest BCUT2D eigenvalue weighted by atomic mass is 10.1. The third kappa shape index (κ3) is 4.05. The lowest BCUT2D eigenvalue weighted by Crippen LogP contribution is -2.30. The van der Waals surface area contributed by atoms with E-state index >= 15 is 0 Å². The Labute approximate surface area is 185 Å². The molecule has 0 spiro atoms. The molecule has 0 aliphatic carbocycles. The normalized spacial score (nSPS) is 19.5. The summed E-state index contributed by atoms with van der Waals surface area (Å²) in [6, 6.07) is 8.38. The number of fused-ring (bicyclic) bond motifs is 1. The van der Waals surface area contributed by atoms with Gasteiger partial charge in [-0.15, -0.1) is 10.2 Å². The number of sulfonamides is 1. The van der Waals surface area contributed by atoms with E-state index in [0.717, 1.165) is 16.5 Å². The van der Waals surface area contributed by atoms with Crippen LogP contribution in [-0.4, -0.2) is 63.5 Å². The van der Waals surface area contributed by atoms with Crippen molar-refractivity contribution < 1.29 is 23.1 Å². The highest BCUT2D eigenvalue weighted by molar-refractivity contribution is 7.89. The summed E-state index contributed by atoms with van der Waals surface area (Å²) in [6.45, 7) is 6.63. The van der Waals surface area contributed by atoms with Crippen LogP contribution in [0.3, 0.4) is 0 Å². The van der Waals surface area contributed by atoms with Crippen LogP contribution in [0.4, 0.5) is 0 Å². The SMILES string of the molecule is CCOc1ccc(S(=O)(=O)N2C[C@@H](C)[C@@H](n3nc(CC(=O)O)c4ccc(C)cc43)C2)nn1. The number of hydrogen-bond acceptors (Lipinski definition) is 7. The minimum atomic E-state index is -3.85. The summed E-state index contributed by atoms with van der Waals surface area (Å²) in [6.07, 6.45) is -0.197. The first kappa shape index (κ1) is 22.2. The molecule has 1 fully saturated rings. The molecule has 10 nitrogen and oxygen atoms in total. The third-order valence-corrected chi connectivity index (χ3v) is 7.35. The molecule has 11 heteroatoms. The number of carboxylic acid groups (broad SMARTS) is 1. The number of nitrogens with zero attached hydrogens (tertiary/aromatic N) is 5. The highest BCUT2D eigenvalue weighted by Crippen LogP contribution is 2.34. The van der Waals surface area contributed by atoms with Crippen LogP contribution in [0.25, 0.3) is 10.9 Å². The van der Waals surface area contributed by atoms with E-state index < -0.39 is 16.0 Å². The van der Waals surface area contributed by atoms with Crippen LogP contribution in [0.5, 0.6) is 5.88 Å². The van der Waals surface area contributed by atoms with Crippen molar-refractivity contribution in [2.45, 2.75) is 38.3 Å². The fraction of sp³-hybridized carbons (Fsp3) is 0.429. The number of carbonyl (C=O) groups is 1. The van der Waals surface area contributed by atoms with Crippen molar-refractivity contribution in [2.75, 3.05) is 19.7 Å². The first-order valence-corrected chi connectivity index (χ1v) is 11.8. The second-order valence-electron chi connectivity index (χ2n) is 7.99. The maximum atomic E-state index is 13.2. The van der Waals surface area contributed by atoms with E-state index in [1.807, 2.05) is 32.0 Å². The summed E-state index contributed by atoms with van der Waals surface area (Å²) in [5, 5.41) is 22.2. The maximum absolute atomic E-state index is 13.2. The Kier molecular flexibility index (Phi) is 5.87. The number of carboxylic acids is 1. The fourth-order valence-corrected chi connectivity index (χ4v) is 5.49. The van der Waals surface area contributed by atoms with Crippen molar-refractivity contribution in [3.8, 4) is 5.88 Å². The van der Waals surface area contributed by atoms with Gasteiger partial charge in [-0.2, -0.15) is 9.40 Å². The predicted molar refractivity (Wildman–Crippen MR) is 116 cm³/mol. The van der Waals surface area contributed by atoms with Crippen molar-refractivity contribution in [1.29, 1.82) is 0 Å². The van der Waals surface area contributed by atoms with E-state index in [-0.39, 0.29) is 35.8 Å². The Balaban J connectivity index is 1.66. The summed E-state index contributed by atoms with van der Waals surface area (Å²) < 4.78 is 34.7. The zero-order valence-corrected chi connectivity index (χ0v) is 18.9. The van der Waals surface area contributed by atoms with Gasteiger partial charge in [0.1, 0.15) is 0 Å². The number of ether oxygens (including phenoxy) is 1. The Bertz CT molecular complexity index is 1260. The second kappa shape index (κ2) is 8.47. The first-order valence-electron chi connectivity index (χ1n) is 10.4. The number of benzene rings is 1. The molecule has 1 saturated heterocycles. The van der Waals surface area contributed by atoms with Gasteiger partial charge in [-0.3, -0.25) is 9.48 Å². The Hall–Kier alpha value is -3.05. The van der Waals surface area contributed by atoms with Crippen molar-refractivity contribution in [3.63, 3.8) is 0 Å². The van der Waals surface area contributed by atoms with E-state index in [1.54, 1.807) is 11.6 Å². The summed E-state index contributed by atoms with van der Waals surface area (Å²) in [5.74, 6) is -0.736. The second-order valence-corrected chi connectivity index (χ2v) is 9.88. The molecule has 170 valence electrons. The van der Waals surface area contributed by atoms with E-state index in [2.05, 4.69) is 15.3 Å². The van der Waals surface area contributed by atoms with E-state index in [4.69, 9.17) is 4.74 Å². The summed E-state index contributed by atoms with van der Waals surface area (Å²) >= 11 is 0. The molecule has 1 aromatic carbocycles. The number of aliphatic carboxylic acids is 1. The molecule has 1 aliphatic heterocycles. The zero-order chi connectivity index (χ0) is 23.0. The van der Waals surface area contributed by atoms with Gasteiger partial charge in [0, 0.05) is 24.5 Å². The van der Waals surface area contributed by atoms with Crippen molar-refractivity contribution >= 4 is 26.9 Å². The zero-order valence-electron chi connectivity index (χ0n) is 18.1. The van der Waals surface area contributed by atoms with Gasteiger partial charge in [0.2, 0.25) is 5.88 Å². The molecule has 1 aliphatic rings. The van der Waals surface area contributed by atoms with Crippen molar-refractivity contribution in [2.24, 2.45) is 5.92 Å². The highest BCUT2D eigenvalue weighted by Gasteiger charge is 2.40. The molecule has 1 N–H and O–H groups in total. The summed E-state index contributed by atoms with van der Waals surface area (Å²) in [5.41, 5.74) is 2.29. The van der Waals surface area contributed by atoms with Gasteiger partial charge in [0.15, 0.2) is 5.03 Å². The number of aryl methyl sites for hydroxylation is 1. The molecular weight excluding hydrogens is 434 g/mol. The number of hydrogen-bond donors (Lipinski definition) is 1. The average molecular weight is 460 g/mol. The van der Waals surface area contributed by atoms with Crippen LogP contribution >= 0.6 is 0 Å². The van der Waals surface area contributed by atoms with E-state index in [0.29, 0.717) is 18.8 Å². The Morgan fingerprint density at radius 2 is 2.00 bits per heavy atom. The lowest BCUT2D eigenvalue weighted by molar-refractivity contribution is -0.136. The maximum Gasteiger partial charge on any atom is 0.309 e. The molecule has 3 aromatic rings. The summed E-state index contributed by atoms with van der Waals surface area (Å²) in [7, 11) is -3.85. The molecule has 2 aromatic heterocycles. The van der Waals surface area contributed by atoms with Gasteiger partial charge in [-0.05, 0) is 37.5 Å². The van der Waals surface area contributed by atoms with Gasteiger partial charge in [0.05, 0.1) is 30.3 Å². The molecule has 32 heavy (non-hydrogen) atoms. The lowest BCUT2D eigenvalue weighted by Gasteiger charge is -2.17. The predicted octanol–water partition coefficient (Wildman–Crippen LogP) is 2.04. The highest BCUT2D eigenvalue weighted by atomic mass is 32.2. The van der Waals surface area contributed by atoms with Gasteiger partial charge in [-0.25, -0.2) is 8.42 Å². The van der Waals surface area contributed by atoms with Crippen molar-refractivity contribution in [3.05, 3.63) is 41.6 Å². The smallest absolute Gasteiger partial charge is 0.309 e. The minimum Gasteiger partial charge on any atom is -0.481 e. The quantitative estimate of drug-likeness (QED) is 0.569. The molecule has 0 bridgehead atoms. The van der Waals surface area contributed by atoms with E-state index in [1.165, 1.54) is 16.4 Å². The largest absolute Gasteiger partial charge is 0.481 e. The fourth-order valence-electron chi connectivity index (χ4n) is 4.06. The minimum absolute atomic E-state index is 0.0401. The first-order chi connectivity index (χ1) is 15.2. The Morgan fingerprint density at radius 3 is 2.66 bits per heavy atom. The molecule has 4 rings (SSSR count). The van der Waals surface area contributed by atoms with Crippen molar-refractivity contribution in [1.82, 2.24) is 24.3 Å². The molecule has 3 heterocycles. The molecule has 0 radical (unpaired) electrons. The number of rotatable bonds is 7. The third-order valence-electron chi connectivity index (χ3n) is 5.62. The van der Waals surface area contributed by atoms with Crippen LogP contribution in [0.1, 0.15) is 31.1 Å². The van der Waals surface area contributed by atoms with Crippen LogP contribution in [0.2, 0.25) is 0 Å². The summed E-state index contributed by atoms with van der Waals surface area (Å²) in [4.78, 5) is 11.3. The molecular formula is C21H25N5O5S. The van der Waals surface area contributed by atoms with Gasteiger partial charge in [-0.1, -0.05) is 19.1 Å². The standard InChI is InChI=1S/C21H25N5O5S/c1-4-31-19-7-8-20(23-22-19)32(29,30)25-11-14(3)18(12-25)26-17-9-13(2)5-6-15(17)16(24-26)10-21(27)28/h5-9,14,18H,4,10-12H2,1-3H3,(H,27,28)/t14-,18+/m1/s1. The van der Waals surface area contributed by atoms with Gasteiger partial charge < -0.3 is 9.84 Å². The Morgan fingerprint density at radius 1 is 1.22 bits per heavy atom. The van der Waals surface area contributed by atoms with E-state index in [9.17, 15) is 18.3 Å².